The van der Waals surface area contributed by atoms with Crippen molar-refractivity contribution in [1.82, 2.24) is 13.8 Å². The van der Waals surface area contributed by atoms with E-state index in [1.165, 1.54) is 5.69 Å². The number of aromatic nitrogens is 1. The van der Waals surface area contributed by atoms with E-state index in [9.17, 15) is 13.2 Å². The molecule has 1 atom stereocenters. The Bertz CT molecular complexity index is 1240. The van der Waals surface area contributed by atoms with Gasteiger partial charge in [-0.15, -0.1) is 0 Å². The van der Waals surface area contributed by atoms with Gasteiger partial charge in [0.25, 0.3) is 0 Å². The maximum Gasteiger partial charge on any atom is 0.245 e. The highest BCUT2D eigenvalue weighted by Crippen LogP contribution is 2.27. The molecule has 33 heavy (non-hydrogen) atoms. The summed E-state index contributed by atoms with van der Waals surface area (Å²) in [4.78, 5) is 17.8. The Morgan fingerprint density at radius 2 is 1.58 bits per heavy atom. The van der Waals surface area contributed by atoms with Gasteiger partial charge in [-0.3, -0.25) is 4.79 Å². The third kappa shape index (κ3) is 4.13. The molecule has 1 aromatic heterocycles. The van der Waals surface area contributed by atoms with Crippen LogP contribution < -0.4 is 4.90 Å². The van der Waals surface area contributed by atoms with Crippen LogP contribution in [-0.4, -0.2) is 67.4 Å². The van der Waals surface area contributed by atoms with Crippen molar-refractivity contribution in [3.8, 4) is 0 Å². The van der Waals surface area contributed by atoms with Gasteiger partial charge in [-0.1, -0.05) is 18.2 Å². The Morgan fingerprint density at radius 1 is 0.879 bits per heavy atom. The summed E-state index contributed by atoms with van der Waals surface area (Å²) >= 11 is 0. The van der Waals surface area contributed by atoms with Gasteiger partial charge in [-0.2, -0.15) is 4.31 Å². The number of sulfonamides is 1. The van der Waals surface area contributed by atoms with Crippen molar-refractivity contribution < 1.29 is 13.2 Å². The molecule has 0 aliphatic carbocycles. The first kappa shape index (κ1) is 22.0. The molecular weight excluding hydrogens is 436 g/mol. The van der Waals surface area contributed by atoms with Crippen LogP contribution in [0.4, 0.5) is 5.69 Å². The monoisotopic (exact) mass is 466 g/mol. The van der Waals surface area contributed by atoms with Crippen LogP contribution in [0, 0.1) is 0 Å². The lowest BCUT2D eigenvalue weighted by Gasteiger charge is -2.37. The minimum atomic E-state index is -3.46. The second-order valence-corrected chi connectivity index (χ2v) is 10.8. The van der Waals surface area contributed by atoms with E-state index < -0.39 is 10.0 Å². The number of hydrogen-bond acceptors (Lipinski definition) is 4. The zero-order chi connectivity index (χ0) is 23.0. The van der Waals surface area contributed by atoms with Crippen LogP contribution >= 0.6 is 0 Å². The lowest BCUT2D eigenvalue weighted by molar-refractivity contribution is -0.134. The maximum absolute atomic E-state index is 13.3. The van der Waals surface area contributed by atoms with Crippen LogP contribution in [0.1, 0.15) is 25.8 Å². The van der Waals surface area contributed by atoms with Crippen LogP contribution in [0.25, 0.3) is 10.9 Å². The number of amides is 1. The molecule has 2 aliphatic rings. The Hall–Kier alpha value is -2.84. The van der Waals surface area contributed by atoms with Crippen molar-refractivity contribution in [1.29, 1.82) is 0 Å². The first-order chi connectivity index (χ1) is 15.9. The lowest BCUT2D eigenvalue weighted by atomic mass is 10.2. The van der Waals surface area contributed by atoms with Crippen molar-refractivity contribution in [3.05, 3.63) is 60.8 Å². The summed E-state index contributed by atoms with van der Waals surface area (Å²) in [6.07, 6.45) is 3.72. The van der Waals surface area contributed by atoms with Gasteiger partial charge in [0.2, 0.25) is 15.9 Å². The molecule has 1 amide bonds. The Kier molecular flexibility index (Phi) is 5.88. The van der Waals surface area contributed by atoms with Gasteiger partial charge in [0.1, 0.15) is 6.04 Å². The largest absolute Gasteiger partial charge is 0.368 e. The average molecular weight is 467 g/mol. The SMILES string of the molecule is CC(C(=O)N1CCN(c2ccccc2)CC1)n1ccc2cc(S(=O)(=O)N3CCCC3)ccc21. The lowest BCUT2D eigenvalue weighted by Crippen LogP contribution is -2.50. The first-order valence-electron chi connectivity index (χ1n) is 11.6. The van der Waals surface area contributed by atoms with Crippen molar-refractivity contribution in [3.63, 3.8) is 0 Å². The van der Waals surface area contributed by atoms with Crippen LogP contribution in [-0.2, 0) is 14.8 Å². The fourth-order valence-electron chi connectivity index (χ4n) is 4.92. The molecule has 2 aromatic carbocycles. The number of benzene rings is 2. The summed E-state index contributed by atoms with van der Waals surface area (Å²) in [6.45, 7) is 6.10. The first-order valence-corrected chi connectivity index (χ1v) is 13.1. The van der Waals surface area contributed by atoms with E-state index in [0.29, 0.717) is 31.1 Å². The van der Waals surface area contributed by atoms with Gasteiger partial charge in [0, 0.05) is 62.1 Å². The number of anilines is 1. The van der Waals surface area contributed by atoms with Crippen LogP contribution in [0.5, 0.6) is 0 Å². The average Bonchev–Trinajstić information content (AvgIpc) is 3.54. The van der Waals surface area contributed by atoms with Crippen molar-refractivity contribution in [2.75, 3.05) is 44.2 Å². The summed E-state index contributed by atoms with van der Waals surface area (Å²) in [7, 11) is -3.46. The summed E-state index contributed by atoms with van der Waals surface area (Å²) in [6, 6.07) is 17.1. The molecule has 1 unspecified atom stereocenters. The molecule has 2 fully saturated rings. The molecule has 7 nitrogen and oxygen atoms in total. The zero-order valence-corrected chi connectivity index (χ0v) is 19.7. The van der Waals surface area contributed by atoms with E-state index in [-0.39, 0.29) is 11.9 Å². The van der Waals surface area contributed by atoms with E-state index in [0.717, 1.165) is 36.8 Å². The number of carbonyl (C=O) groups excluding carboxylic acids is 1. The molecule has 0 spiro atoms. The zero-order valence-electron chi connectivity index (χ0n) is 18.9. The number of hydrogen-bond donors (Lipinski definition) is 0. The van der Waals surface area contributed by atoms with E-state index >= 15 is 0 Å². The smallest absolute Gasteiger partial charge is 0.245 e. The molecule has 2 saturated heterocycles. The van der Waals surface area contributed by atoms with Crippen molar-refractivity contribution >= 4 is 32.5 Å². The molecule has 174 valence electrons. The highest BCUT2D eigenvalue weighted by atomic mass is 32.2. The van der Waals surface area contributed by atoms with E-state index in [1.807, 2.05) is 52.9 Å². The van der Waals surface area contributed by atoms with Crippen LogP contribution in [0.3, 0.4) is 0 Å². The molecule has 5 rings (SSSR count). The Morgan fingerprint density at radius 3 is 2.27 bits per heavy atom. The minimum Gasteiger partial charge on any atom is -0.368 e. The number of fused-ring (bicyclic) bond motifs is 1. The van der Waals surface area contributed by atoms with E-state index in [1.54, 1.807) is 16.4 Å². The van der Waals surface area contributed by atoms with E-state index in [2.05, 4.69) is 17.0 Å². The third-order valence-electron chi connectivity index (χ3n) is 6.88. The summed E-state index contributed by atoms with van der Waals surface area (Å²) in [5.41, 5.74) is 2.06. The summed E-state index contributed by atoms with van der Waals surface area (Å²) in [5.74, 6) is 0.0916. The topological polar surface area (TPSA) is 65.9 Å². The highest BCUT2D eigenvalue weighted by molar-refractivity contribution is 7.89. The number of nitrogens with zero attached hydrogens (tertiary/aromatic N) is 4. The molecule has 8 heteroatoms. The fourth-order valence-corrected chi connectivity index (χ4v) is 6.48. The van der Waals surface area contributed by atoms with Gasteiger partial charge in [-0.25, -0.2) is 8.42 Å². The van der Waals surface area contributed by atoms with Gasteiger partial charge in [0.15, 0.2) is 0 Å². The molecule has 0 radical (unpaired) electrons. The maximum atomic E-state index is 13.3. The minimum absolute atomic E-state index is 0.0916. The number of piperazine rings is 1. The van der Waals surface area contributed by atoms with Crippen molar-refractivity contribution in [2.45, 2.75) is 30.7 Å². The summed E-state index contributed by atoms with van der Waals surface area (Å²) < 4.78 is 29.3. The number of rotatable bonds is 5. The van der Waals surface area contributed by atoms with E-state index in [4.69, 9.17) is 0 Å². The van der Waals surface area contributed by atoms with Gasteiger partial charge in [-0.05, 0) is 56.2 Å². The summed E-state index contributed by atoms with van der Waals surface area (Å²) in [5, 5.41) is 0.837. The predicted octanol–water partition coefficient (Wildman–Crippen LogP) is 3.34. The van der Waals surface area contributed by atoms with Gasteiger partial charge in [0.05, 0.1) is 4.90 Å². The normalized spacial score (nSPS) is 18.7. The Labute approximate surface area is 195 Å². The number of para-hydroxylation sites is 1. The third-order valence-corrected chi connectivity index (χ3v) is 8.78. The van der Waals surface area contributed by atoms with Crippen LogP contribution in [0.2, 0.25) is 0 Å². The van der Waals surface area contributed by atoms with Crippen molar-refractivity contribution in [2.24, 2.45) is 0 Å². The van der Waals surface area contributed by atoms with Gasteiger partial charge < -0.3 is 14.4 Å². The molecule has 2 aliphatic heterocycles. The second-order valence-electron chi connectivity index (χ2n) is 8.88. The second kappa shape index (κ2) is 8.83. The molecule has 3 heterocycles. The highest BCUT2D eigenvalue weighted by Gasteiger charge is 2.29. The van der Waals surface area contributed by atoms with Gasteiger partial charge >= 0.3 is 0 Å². The molecule has 0 N–H and O–H groups in total. The molecule has 0 saturated carbocycles. The Balaban J connectivity index is 1.30. The molecule has 0 bridgehead atoms. The standard InChI is InChI=1S/C25H30N4O3S/c1-20(25(30)27-17-15-26(16-18-27)22-7-3-2-4-8-22)29-14-11-21-19-23(9-10-24(21)29)33(31,32)28-12-5-6-13-28/h2-4,7-11,14,19-20H,5-6,12-13,15-18H2,1H3. The molecule has 3 aromatic rings. The number of carbonyl (C=O) groups is 1. The molecular formula is C25H30N4O3S. The quantitative estimate of drug-likeness (QED) is 0.579. The fraction of sp³-hybridized carbons (Fsp3) is 0.400. The predicted molar refractivity (Wildman–Crippen MR) is 130 cm³/mol. The van der Waals surface area contributed by atoms with Crippen LogP contribution in [0.15, 0.2) is 65.7 Å².